The molecule has 15 heavy (non-hydrogen) atoms. The van der Waals surface area contributed by atoms with E-state index in [1.165, 1.54) is 0 Å². The molecule has 0 aliphatic heterocycles. The van der Waals surface area contributed by atoms with Gasteiger partial charge in [0, 0.05) is 9.80 Å². The molecule has 0 unspecified atom stereocenters. The predicted octanol–water partition coefficient (Wildman–Crippen LogP) is 4.17. The van der Waals surface area contributed by atoms with Crippen LogP contribution in [-0.2, 0) is 10.1 Å². The lowest BCUT2D eigenvalue weighted by atomic mass is 10.1. The quantitative estimate of drug-likeness (QED) is 0.600. The second-order valence-electron chi connectivity index (χ2n) is 2.79. The van der Waals surface area contributed by atoms with Gasteiger partial charge in [-0.2, -0.15) is 0 Å². The number of carbonyl (C=O) groups excluding carboxylic acids is 1. The van der Waals surface area contributed by atoms with Crippen LogP contribution < -0.4 is 0 Å². The molecule has 0 aliphatic rings. The van der Waals surface area contributed by atoms with Gasteiger partial charge in [0.25, 0.3) is 0 Å². The fourth-order valence-electron chi connectivity index (χ4n) is 1.08. The van der Waals surface area contributed by atoms with Crippen molar-refractivity contribution in [3.8, 4) is 0 Å². The minimum absolute atomic E-state index is 0.339. The van der Waals surface area contributed by atoms with Gasteiger partial charge in [-0.3, -0.25) is 0 Å². The lowest BCUT2D eigenvalue weighted by molar-refractivity contribution is 0.0526. The molecule has 0 aliphatic carbocycles. The topological polar surface area (TPSA) is 26.3 Å². The molecular formula is C10H9Br2ClO2. The summed E-state index contributed by atoms with van der Waals surface area (Å²) >= 11 is 12.6. The summed E-state index contributed by atoms with van der Waals surface area (Å²) in [4.78, 5) is 11.5. The molecule has 0 amide bonds. The van der Waals surface area contributed by atoms with E-state index in [1.54, 1.807) is 13.0 Å². The van der Waals surface area contributed by atoms with Gasteiger partial charge in [0.05, 0.1) is 17.2 Å². The molecule has 0 saturated carbocycles. The Morgan fingerprint density at radius 1 is 1.53 bits per heavy atom. The van der Waals surface area contributed by atoms with Gasteiger partial charge >= 0.3 is 5.97 Å². The number of ether oxygens (including phenoxy) is 1. The highest BCUT2D eigenvalue weighted by Crippen LogP contribution is 2.29. The van der Waals surface area contributed by atoms with Crippen molar-refractivity contribution in [3.05, 3.63) is 32.8 Å². The van der Waals surface area contributed by atoms with E-state index in [0.29, 0.717) is 27.0 Å². The van der Waals surface area contributed by atoms with Crippen molar-refractivity contribution in [1.29, 1.82) is 0 Å². The molecule has 0 aromatic heterocycles. The van der Waals surface area contributed by atoms with Crippen LogP contribution in [-0.4, -0.2) is 12.6 Å². The molecule has 0 N–H and O–H groups in total. The van der Waals surface area contributed by atoms with Crippen LogP contribution in [0, 0.1) is 0 Å². The molecule has 0 bridgehead atoms. The minimum atomic E-state index is -0.397. The van der Waals surface area contributed by atoms with Crippen LogP contribution in [0.25, 0.3) is 0 Å². The standard InChI is InChI=1S/C10H9Br2ClO2/c1-2-15-10(14)7-3-6(5-11)4-8(12)9(7)13/h3-4H,2,5H2,1H3. The van der Waals surface area contributed by atoms with Crippen LogP contribution in [0.15, 0.2) is 16.6 Å². The second kappa shape index (κ2) is 5.87. The highest BCUT2D eigenvalue weighted by Gasteiger charge is 2.15. The third-order valence-corrected chi connectivity index (χ3v) is 3.65. The Labute approximate surface area is 110 Å². The number of hydrogen-bond donors (Lipinski definition) is 0. The van der Waals surface area contributed by atoms with E-state index in [9.17, 15) is 4.79 Å². The molecule has 1 rings (SSSR count). The fourth-order valence-corrected chi connectivity index (χ4v) is 2.10. The third-order valence-electron chi connectivity index (χ3n) is 1.74. The first kappa shape index (κ1) is 13.0. The summed E-state index contributed by atoms with van der Waals surface area (Å²) in [7, 11) is 0. The molecule has 0 heterocycles. The van der Waals surface area contributed by atoms with Crippen molar-refractivity contribution < 1.29 is 9.53 Å². The van der Waals surface area contributed by atoms with Crippen molar-refractivity contribution >= 4 is 49.4 Å². The van der Waals surface area contributed by atoms with Crippen LogP contribution in [0.1, 0.15) is 22.8 Å². The molecule has 1 aromatic carbocycles. The summed E-state index contributed by atoms with van der Waals surface area (Å²) in [6.07, 6.45) is 0. The SMILES string of the molecule is CCOC(=O)c1cc(CBr)cc(Br)c1Cl. The summed E-state index contributed by atoms with van der Waals surface area (Å²) in [6, 6.07) is 3.58. The van der Waals surface area contributed by atoms with Gasteiger partial charge in [-0.05, 0) is 40.5 Å². The third kappa shape index (κ3) is 3.20. The second-order valence-corrected chi connectivity index (χ2v) is 4.59. The van der Waals surface area contributed by atoms with Gasteiger partial charge in [-0.25, -0.2) is 4.79 Å². The van der Waals surface area contributed by atoms with Gasteiger partial charge in [0.1, 0.15) is 0 Å². The van der Waals surface area contributed by atoms with Crippen LogP contribution in [0.5, 0.6) is 0 Å². The van der Waals surface area contributed by atoms with Crippen molar-refractivity contribution in [2.24, 2.45) is 0 Å². The Morgan fingerprint density at radius 2 is 2.20 bits per heavy atom. The van der Waals surface area contributed by atoms with Gasteiger partial charge in [0.2, 0.25) is 0 Å². The van der Waals surface area contributed by atoms with E-state index < -0.39 is 5.97 Å². The summed E-state index contributed by atoms with van der Waals surface area (Å²) in [6.45, 7) is 2.10. The zero-order valence-electron chi connectivity index (χ0n) is 8.02. The van der Waals surface area contributed by atoms with Crippen molar-refractivity contribution in [2.75, 3.05) is 6.61 Å². The number of carbonyl (C=O) groups is 1. The first-order valence-electron chi connectivity index (χ1n) is 4.31. The van der Waals surface area contributed by atoms with Crippen LogP contribution in [0.3, 0.4) is 0 Å². The molecule has 2 nitrogen and oxygen atoms in total. The number of hydrogen-bond acceptors (Lipinski definition) is 2. The Bertz CT molecular complexity index is 380. The number of halogens is 3. The first-order valence-corrected chi connectivity index (χ1v) is 6.60. The van der Waals surface area contributed by atoms with E-state index in [4.69, 9.17) is 16.3 Å². The van der Waals surface area contributed by atoms with Crippen LogP contribution >= 0.6 is 43.5 Å². The van der Waals surface area contributed by atoms with Crippen molar-refractivity contribution in [2.45, 2.75) is 12.3 Å². The van der Waals surface area contributed by atoms with E-state index in [0.717, 1.165) is 5.56 Å². The van der Waals surface area contributed by atoms with Gasteiger partial charge in [0.15, 0.2) is 0 Å². The van der Waals surface area contributed by atoms with Crippen LogP contribution in [0.2, 0.25) is 5.02 Å². The first-order chi connectivity index (χ1) is 7.10. The monoisotopic (exact) mass is 354 g/mol. The Balaban J connectivity index is 3.15. The molecule has 82 valence electrons. The molecule has 0 fully saturated rings. The zero-order chi connectivity index (χ0) is 11.4. The number of alkyl halides is 1. The van der Waals surface area contributed by atoms with Gasteiger partial charge < -0.3 is 4.74 Å². The maximum atomic E-state index is 11.5. The normalized spacial score (nSPS) is 10.1. The molecular weight excluding hydrogens is 347 g/mol. The predicted molar refractivity (Wildman–Crippen MR) is 67.7 cm³/mol. The molecule has 0 atom stereocenters. The van der Waals surface area contributed by atoms with E-state index in [1.807, 2.05) is 6.07 Å². The lowest BCUT2D eigenvalue weighted by Gasteiger charge is -2.07. The summed E-state index contributed by atoms with van der Waals surface area (Å²) in [5.41, 5.74) is 1.36. The smallest absolute Gasteiger partial charge is 0.339 e. The summed E-state index contributed by atoms with van der Waals surface area (Å²) < 4.78 is 5.60. The lowest BCUT2D eigenvalue weighted by Crippen LogP contribution is -2.06. The van der Waals surface area contributed by atoms with Crippen molar-refractivity contribution in [3.63, 3.8) is 0 Å². The largest absolute Gasteiger partial charge is 0.462 e. The Hall–Kier alpha value is -0.0600. The van der Waals surface area contributed by atoms with E-state index >= 15 is 0 Å². The number of esters is 1. The average Bonchev–Trinajstić information content (AvgIpc) is 2.22. The molecule has 1 aromatic rings. The van der Waals surface area contributed by atoms with Gasteiger partial charge in [-0.1, -0.05) is 27.5 Å². The fraction of sp³-hybridized carbons (Fsp3) is 0.300. The highest BCUT2D eigenvalue weighted by molar-refractivity contribution is 9.10. The van der Waals surface area contributed by atoms with Gasteiger partial charge in [-0.15, -0.1) is 0 Å². The average molecular weight is 356 g/mol. The highest BCUT2D eigenvalue weighted by atomic mass is 79.9. The maximum Gasteiger partial charge on any atom is 0.339 e. The molecule has 0 radical (unpaired) electrons. The molecule has 0 saturated heterocycles. The number of rotatable bonds is 3. The number of benzene rings is 1. The summed E-state index contributed by atoms with van der Waals surface area (Å²) in [5, 5.41) is 1.05. The maximum absolute atomic E-state index is 11.5. The van der Waals surface area contributed by atoms with E-state index in [-0.39, 0.29) is 0 Å². The minimum Gasteiger partial charge on any atom is -0.462 e. The summed E-state index contributed by atoms with van der Waals surface area (Å²) in [5.74, 6) is -0.397. The zero-order valence-corrected chi connectivity index (χ0v) is 11.9. The van der Waals surface area contributed by atoms with Crippen LogP contribution in [0.4, 0.5) is 0 Å². The molecule has 0 spiro atoms. The Kier molecular flexibility index (Phi) is 5.09. The molecule has 5 heteroatoms. The van der Waals surface area contributed by atoms with E-state index in [2.05, 4.69) is 31.9 Å². The van der Waals surface area contributed by atoms with Crippen molar-refractivity contribution in [1.82, 2.24) is 0 Å². The Morgan fingerprint density at radius 3 is 2.73 bits per heavy atom.